The Bertz CT molecular complexity index is 3340. The number of alkyl halides is 3. The number of anilines is 2. The molecule has 0 radical (unpaired) electrons. The fourth-order valence-electron chi connectivity index (χ4n) is 10.4. The first-order chi connectivity index (χ1) is 42.4. The Hall–Kier alpha value is -7.88. The molecule has 5 fully saturated rings. The van der Waals surface area contributed by atoms with Crippen molar-refractivity contribution in [2.45, 2.75) is 76.8 Å². The van der Waals surface area contributed by atoms with Gasteiger partial charge in [0.15, 0.2) is 0 Å². The van der Waals surface area contributed by atoms with Crippen LogP contribution in [-0.4, -0.2) is 238 Å². The molecule has 89 heavy (non-hydrogen) atoms. The second-order valence-corrected chi connectivity index (χ2v) is 24.1. The number of fused-ring (bicyclic) bond motifs is 2. The number of aromatic nitrogens is 4. The van der Waals surface area contributed by atoms with Crippen molar-refractivity contribution in [3.63, 3.8) is 0 Å². The van der Waals surface area contributed by atoms with Gasteiger partial charge in [-0.3, -0.25) is 18.7 Å². The molecule has 5 N–H and O–H groups in total. The third-order valence-corrected chi connectivity index (χ3v) is 15.5. The molecule has 5 aliphatic heterocycles. The van der Waals surface area contributed by atoms with E-state index in [1.165, 1.54) is 10.7 Å². The van der Waals surface area contributed by atoms with E-state index in [0.29, 0.717) is 61.9 Å². The number of pyridine rings is 2. The Balaban J connectivity index is 0.000000175. The maximum absolute atomic E-state index is 12.4. The zero-order valence-corrected chi connectivity index (χ0v) is 51.5. The number of amides is 4. The minimum Gasteiger partial charge on any atom is -0.445 e. The van der Waals surface area contributed by atoms with E-state index in [1.54, 1.807) is 66.4 Å². The highest BCUT2D eigenvalue weighted by Gasteiger charge is 2.48. The van der Waals surface area contributed by atoms with E-state index in [1.807, 2.05) is 64.4 Å². The SMILES string of the molecule is CC(C)(C)OC(=O)NCC(=O)N1CCNCC1.C[C@@H]1CN(c2ccc(C#N)n3nccc23)C[C@H](CN2CCN(C(=O)CN)CC2)O1.C[C@@H]1CN(c2ccc(C#N)n3nccc23)C[C@H](COS(=O)(=O)C(F)(F)F)O1.O=C(OCc1ccccc1)N1CCNCC1. The lowest BCUT2D eigenvalue weighted by Gasteiger charge is -2.42. The van der Waals surface area contributed by atoms with E-state index < -0.39 is 40.0 Å². The van der Waals surface area contributed by atoms with Gasteiger partial charge in [0.2, 0.25) is 11.8 Å². The second kappa shape index (κ2) is 32.0. The third-order valence-electron chi connectivity index (χ3n) is 14.5. The molecule has 484 valence electrons. The lowest BCUT2D eigenvalue weighted by atomic mass is 10.1. The molecule has 0 aliphatic carbocycles. The van der Waals surface area contributed by atoms with Crippen LogP contribution in [0.2, 0.25) is 0 Å². The van der Waals surface area contributed by atoms with Gasteiger partial charge >= 0.3 is 27.8 Å². The Morgan fingerprint density at radius 3 is 1.71 bits per heavy atom. The molecule has 4 aromatic heterocycles. The van der Waals surface area contributed by atoms with Gasteiger partial charge in [0.1, 0.15) is 48.4 Å². The predicted molar refractivity (Wildman–Crippen MR) is 321 cm³/mol. The molecule has 0 saturated carbocycles. The van der Waals surface area contributed by atoms with Crippen LogP contribution < -0.4 is 31.5 Å². The average Bonchev–Trinajstić information content (AvgIpc) is 1.86. The van der Waals surface area contributed by atoms with Crippen LogP contribution in [0.15, 0.2) is 79.1 Å². The number of hydrogen-bond donors (Lipinski definition) is 4. The van der Waals surface area contributed by atoms with Gasteiger partial charge < -0.3 is 65.1 Å². The highest BCUT2D eigenvalue weighted by atomic mass is 32.2. The van der Waals surface area contributed by atoms with Crippen molar-refractivity contribution in [2.75, 3.05) is 141 Å². The van der Waals surface area contributed by atoms with Crippen LogP contribution in [0.1, 0.15) is 51.6 Å². The smallest absolute Gasteiger partial charge is 0.445 e. The van der Waals surface area contributed by atoms with Crippen molar-refractivity contribution in [1.82, 2.24) is 54.8 Å². The van der Waals surface area contributed by atoms with Crippen LogP contribution in [0.5, 0.6) is 0 Å². The number of carbonyl (C=O) groups excluding carboxylic acids is 4. The van der Waals surface area contributed by atoms with Crippen LogP contribution in [-0.2, 0) is 49.4 Å². The predicted octanol–water partition coefficient (Wildman–Crippen LogP) is 2.74. The Kier molecular flexibility index (Phi) is 24.7. The molecule has 0 bridgehead atoms. The maximum Gasteiger partial charge on any atom is 0.523 e. The Morgan fingerprint density at radius 1 is 0.697 bits per heavy atom. The molecule has 4 atom stereocenters. The molecule has 10 rings (SSSR count). The maximum atomic E-state index is 12.4. The van der Waals surface area contributed by atoms with Gasteiger partial charge in [-0.25, -0.2) is 18.6 Å². The van der Waals surface area contributed by atoms with Gasteiger partial charge in [-0.1, -0.05) is 30.3 Å². The van der Waals surface area contributed by atoms with Crippen molar-refractivity contribution < 1.29 is 63.9 Å². The second-order valence-electron chi connectivity index (χ2n) is 22.5. The largest absolute Gasteiger partial charge is 0.523 e. The number of ether oxygens (including phenoxy) is 4. The van der Waals surface area contributed by atoms with E-state index in [-0.39, 0.29) is 55.9 Å². The van der Waals surface area contributed by atoms with Crippen LogP contribution in [0.3, 0.4) is 0 Å². The first-order valence-corrected chi connectivity index (χ1v) is 30.7. The molecular weight excluding hydrogens is 1190 g/mol. The lowest BCUT2D eigenvalue weighted by Crippen LogP contribution is -2.55. The summed E-state index contributed by atoms with van der Waals surface area (Å²) in [6, 6.07) is 24.7. The average molecular weight is 1270 g/mol. The number of benzene rings is 1. The zero-order chi connectivity index (χ0) is 64.3. The summed E-state index contributed by atoms with van der Waals surface area (Å²) in [5, 5.41) is 35.6. The zero-order valence-electron chi connectivity index (χ0n) is 50.6. The number of hydrogen-bond acceptors (Lipinski definition) is 21. The van der Waals surface area contributed by atoms with Crippen molar-refractivity contribution in [1.29, 1.82) is 10.5 Å². The number of morpholine rings is 2. The van der Waals surface area contributed by atoms with Gasteiger partial charge in [-0.05, 0) is 76.6 Å². The number of nitrogens with two attached hydrogens (primary N) is 1. The molecule has 5 aliphatic rings. The van der Waals surface area contributed by atoms with E-state index >= 15 is 0 Å². The minimum absolute atomic E-state index is 0.00505. The van der Waals surface area contributed by atoms with Crippen molar-refractivity contribution >= 4 is 56.5 Å². The normalized spacial score (nSPS) is 20.1. The summed E-state index contributed by atoms with van der Waals surface area (Å²) in [4.78, 5) is 58.2. The molecule has 0 unspecified atom stereocenters. The number of rotatable bonds is 12. The molecule has 5 aromatic rings. The number of halogens is 3. The van der Waals surface area contributed by atoms with Gasteiger partial charge in [0.25, 0.3) is 0 Å². The van der Waals surface area contributed by atoms with Crippen LogP contribution in [0, 0.1) is 22.7 Å². The highest BCUT2D eigenvalue weighted by Crippen LogP contribution is 2.30. The van der Waals surface area contributed by atoms with Crippen LogP contribution >= 0.6 is 0 Å². The summed E-state index contributed by atoms with van der Waals surface area (Å²) in [6.45, 7) is 21.0. The first kappa shape index (κ1) is 68.6. The molecule has 0 spiro atoms. The van der Waals surface area contributed by atoms with Crippen LogP contribution in [0.4, 0.5) is 34.1 Å². The van der Waals surface area contributed by atoms with Gasteiger partial charge in [-0.2, -0.15) is 42.3 Å². The number of carbonyl (C=O) groups is 4. The van der Waals surface area contributed by atoms with Crippen molar-refractivity contribution in [2.24, 2.45) is 5.73 Å². The summed E-state index contributed by atoms with van der Waals surface area (Å²) < 4.78 is 88.7. The van der Waals surface area contributed by atoms with E-state index in [0.717, 1.165) is 88.8 Å². The van der Waals surface area contributed by atoms with Gasteiger partial charge in [0.05, 0.1) is 66.3 Å². The standard InChI is InChI=1S/C20H27N7O2.C15H15F3N4O4S.C12H16N2O2.C11H21N3O3/c1-15-12-26(18-3-2-16(10-21)27-19(18)4-5-23-27)14-17(29-15)13-24-6-8-25(9-7-24)20(28)11-22;1-10-7-21(8-12(26-10)9-25-27(23,24)15(16,17)18)13-3-2-11(6-19)22-14(13)4-5-20-22;15-12(14-8-6-13-7-9-14)16-10-11-4-2-1-3-5-11;1-11(2,3)17-10(16)13-8-9(15)14-6-4-12-5-7-14/h2-5,15,17H,6-9,11-14,22H2,1H3;2-5,10,12H,7-9H2,1H3;1-5,13H,6-10H2;12H,4-8H2,1-3H3,(H,13,16)/t15-,17+;10-,12-;;/m11../s1. The lowest BCUT2D eigenvalue weighted by molar-refractivity contribution is -0.132. The molecule has 31 heteroatoms. The molecule has 9 heterocycles. The summed E-state index contributed by atoms with van der Waals surface area (Å²) in [5.74, 6) is -0.0543. The number of nitrogens with one attached hydrogen (secondary N) is 3. The summed E-state index contributed by atoms with van der Waals surface area (Å²) in [7, 11) is -5.68. The van der Waals surface area contributed by atoms with E-state index in [4.69, 9.17) is 29.9 Å². The Labute approximate surface area is 515 Å². The van der Waals surface area contributed by atoms with Gasteiger partial charge in [-0.15, -0.1) is 0 Å². The summed E-state index contributed by atoms with van der Waals surface area (Å²) in [6.07, 6.45) is 1.40. The number of piperazine rings is 3. The van der Waals surface area contributed by atoms with Crippen molar-refractivity contribution in [3.8, 4) is 12.1 Å². The topological polar surface area (TPSA) is 312 Å². The van der Waals surface area contributed by atoms with Crippen molar-refractivity contribution in [3.05, 3.63) is 96.1 Å². The fourth-order valence-corrected chi connectivity index (χ4v) is 10.8. The quantitative estimate of drug-likeness (QED) is 0.103. The van der Waals surface area contributed by atoms with E-state index in [2.05, 4.69) is 53.1 Å². The number of alkyl carbamates (subject to hydrolysis) is 1. The highest BCUT2D eigenvalue weighted by molar-refractivity contribution is 7.87. The third kappa shape index (κ3) is 20.1. The molecule has 27 nitrogen and oxygen atoms in total. The van der Waals surface area contributed by atoms with Gasteiger partial charge in [0, 0.05) is 111 Å². The number of nitrogens with zero attached hydrogens (tertiary/aromatic N) is 12. The van der Waals surface area contributed by atoms with Crippen LogP contribution in [0.25, 0.3) is 11.0 Å². The monoisotopic (exact) mass is 1260 g/mol. The molecule has 5 saturated heterocycles. The molecular formula is C58H79F3N16O11S. The molecule has 4 amide bonds. The summed E-state index contributed by atoms with van der Waals surface area (Å²) in [5.41, 5.74) is 4.67. The Morgan fingerprint density at radius 2 is 1.20 bits per heavy atom. The number of nitriles is 2. The first-order valence-electron chi connectivity index (χ1n) is 29.3. The molecule has 1 aromatic carbocycles. The summed E-state index contributed by atoms with van der Waals surface area (Å²) >= 11 is 0. The van der Waals surface area contributed by atoms with E-state index in [9.17, 15) is 46.0 Å². The fraction of sp³-hybridized carbons (Fsp3) is 0.552. The minimum atomic E-state index is -5.68.